The average molecular weight is 443 g/mol. The minimum atomic E-state index is 0.748. The van der Waals surface area contributed by atoms with Crippen molar-refractivity contribution in [3.8, 4) is 0 Å². The van der Waals surface area contributed by atoms with Crippen LogP contribution in [0.15, 0.2) is 64.1 Å². The monoisotopic (exact) mass is 442 g/mol. The number of thiazole rings is 1. The fourth-order valence-corrected chi connectivity index (χ4v) is 5.74. The normalized spacial score (nSPS) is 11.3. The van der Waals surface area contributed by atoms with Crippen molar-refractivity contribution in [3.63, 3.8) is 0 Å². The molecule has 0 amide bonds. The Morgan fingerprint density at radius 2 is 1.83 bits per heavy atom. The number of rotatable bonds is 10. The standard InChI is InChI=1S/C21H22N4OS3/c1-26-12-7-13-27-20-24-23-19(25(20)14-16-8-3-2-4-9-16)15-28-21-22-17-10-5-6-11-18(17)29-21/h2-6,8-11H,7,12-15H2,1H3. The number of nitrogens with zero attached hydrogens (tertiary/aromatic N) is 4. The summed E-state index contributed by atoms with van der Waals surface area (Å²) in [6, 6.07) is 18.7. The quantitative estimate of drug-likeness (QED) is 0.243. The van der Waals surface area contributed by atoms with E-state index >= 15 is 0 Å². The van der Waals surface area contributed by atoms with E-state index < -0.39 is 0 Å². The highest BCUT2D eigenvalue weighted by molar-refractivity contribution is 8.00. The predicted octanol–water partition coefficient (Wildman–Crippen LogP) is 5.36. The summed E-state index contributed by atoms with van der Waals surface area (Å²) in [5.41, 5.74) is 2.30. The van der Waals surface area contributed by atoms with Gasteiger partial charge in [0.1, 0.15) is 5.82 Å². The first-order chi connectivity index (χ1) is 14.3. The topological polar surface area (TPSA) is 52.8 Å². The molecule has 0 spiro atoms. The third-order valence-corrected chi connectivity index (χ3v) is 7.53. The second kappa shape index (κ2) is 10.2. The number of aromatic nitrogens is 4. The molecule has 150 valence electrons. The summed E-state index contributed by atoms with van der Waals surface area (Å²) in [6.45, 7) is 1.54. The maximum Gasteiger partial charge on any atom is 0.191 e. The van der Waals surface area contributed by atoms with Crippen LogP contribution >= 0.6 is 34.9 Å². The van der Waals surface area contributed by atoms with Gasteiger partial charge in [-0.25, -0.2) is 4.98 Å². The van der Waals surface area contributed by atoms with Crippen LogP contribution in [0.4, 0.5) is 0 Å². The SMILES string of the molecule is COCCCSc1nnc(CSc2nc3ccccc3s2)n1Cc1ccccc1. The highest BCUT2D eigenvalue weighted by Crippen LogP contribution is 2.32. The van der Waals surface area contributed by atoms with E-state index in [0.717, 1.165) is 51.9 Å². The molecule has 0 aliphatic carbocycles. The van der Waals surface area contributed by atoms with Crippen molar-refractivity contribution in [1.29, 1.82) is 0 Å². The molecule has 8 heteroatoms. The van der Waals surface area contributed by atoms with Gasteiger partial charge in [-0.1, -0.05) is 66.0 Å². The molecule has 4 rings (SSSR count). The minimum Gasteiger partial charge on any atom is -0.385 e. The first-order valence-electron chi connectivity index (χ1n) is 9.39. The predicted molar refractivity (Wildman–Crippen MR) is 122 cm³/mol. The maximum absolute atomic E-state index is 5.16. The summed E-state index contributed by atoms with van der Waals surface area (Å²) in [5.74, 6) is 2.69. The van der Waals surface area contributed by atoms with E-state index in [1.807, 2.05) is 12.1 Å². The average Bonchev–Trinajstić information content (AvgIpc) is 3.34. The molecule has 0 bridgehead atoms. The van der Waals surface area contributed by atoms with Crippen LogP contribution < -0.4 is 0 Å². The van der Waals surface area contributed by atoms with E-state index in [0.29, 0.717) is 0 Å². The van der Waals surface area contributed by atoms with Gasteiger partial charge in [0.25, 0.3) is 0 Å². The van der Waals surface area contributed by atoms with Crippen LogP contribution in [0.1, 0.15) is 17.8 Å². The van der Waals surface area contributed by atoms with Crippen LogP contribution in [-0.2, 0) is 17.0 Å². The summed E-state index contributed by atoms with van der Waals surface area (Å²) >= 11 is 5.19. The Labute approximate surface area is 182 Å². The number of thioether (sulfide) groups is 2. The zero-order valence-corrected chi connectivity index (χ0v) is 18.6. The van der Waals surface area contributed by atoms with E-state index in [1.54, 1.807) is 42.0 Å². The fraction of sp³-hybridized carbons (Fsp3) is 0.286. The van der Waals surface area contributed by atoms with Gasteiger partial charge in [-0.3, -0.25) is 0 Å². The molecule has 0 aliphatic heterocycles. The second-order valence-corrected chi connectivity index (χ2v) is 9.72. The van der Waals surface area contributed by atoms with Gasteiger partial charge in [0.05, 0.1) is 22.5 Å². The smallest absolute Gasteiger partial charge is 0.191 e. The van der Waals surface area contributed by atoms with Crippen molar-refractivity contribution in [2.24, 2.45) is 0 Å². The van der Waals surface area contributed by atoms with Gasteiger partial charge in [-0.15, -0.1) is 21.5 Å². The van der Waals surface area contributed by atoms with E-state index in [9.17, 15) is 0 Å². The van der Waals surface area contributed by atoms with Crippen molar-refractivity contribution in [3.05, 3.63) is 66.0 Å². The van der Waals surface area contributed by atoms with Crippen LogP contribution in [0, 0.1) is 0 Å². The van der Waals surface area contributed by atoms with E-state index in [2.05, 4.69) is 57.2 Å². The maximum atomic E-state index is 5.16. The van der Waals surface area contributed by atoms with Gasteiger partial charge in [-0.2, -0.15) is 0 Å². The zero-order valence-electron chi connectivity index (χ0n) is 16.2. The molecule has 0 atom stereocenters. The minimum absolute atomic E-state index is 0.748. The molecule has 4 aromatic rings. The third kappa shape index (κ3) is 5.39. The molecule has 2 heterocycles. The van der Waals surface area contributed by atoms with Gasteiger partial charge in [0.2, 0.25) is 0 Å². The molecule has 0 unspecified atom stereocenters. The third-order valence-electron chi connectivity index (χ3n) is 4.30. The number of ether oxygens (including phenoxy) is 1. The number of benzene rings is 2. The summed E-state index contributed by atoms with van der Waals surface area (Å²) in [5, 5.41) is 9.93. The lowest BCUT2D eigenvalue weighted by molar-refractivity contribution is 0.200. The Morgan fingerprint density at radius 1 is 1.00 bits per heavy atom. The molecule has 0 aliphatic rings. The zero-order chi connectivity index (χ0) is 19.9. The number of hydrogen-bond acceptors (Lipinski definition) is 7. The Balaban J connectivity index is 1.50. The Hall–Kier alpha value is -1.87. The fourth-order valence-electron chi connectivity index (χ4n) is 2.86. The number of methoxy groups -OCH3 is 1. The molecule has 0 fully saturated rings. The van der Waals surface area contributed by atoms with Crippen molar-refractivity contribution >= 4 is 45.1 Å². The van der Waals surface area contributed by atoms with Crippen LogP contribution in [0.3, 0.4) is 0 Å². The number of fused-ring (bicyclic) bond motifs is 1. The molecule has 2 aromatic heterocycles. The van der Waals surface area contributed by atoms with Crippen LogP contribution in [0.2, 0.25) is 0 Å². The molecule has 0 saturated heterocycles. The number of para-hydroxylation sites is 1. The molecular formula is C21H22N4OS3. The van der Waals surface area contributed by atoms with E-state index in [-0.39, 0.29) is 0 Å². The molecule has 29 heavy (non-hydrogen) atoms. The molecule has 0 radical (unpaired) electrons. The molecule has 0 saturated carbocycles. The summed E-state index contributed by atoms with van der Waals surface area (Å²) in [4.78, 5) is 4.72. The Bertz CT molecular complexity index is 1020. The number of hydrogen-bond donors (Lipinski definition) is 0. The highest BCUT2D eigenvalue weighted by atomic mass is 32.2. The Kier molecular flexibility index (Phi) is 7.21. The molecule has 0 N–H and O–H groups in total. The largest absolute Gasteiger partial charge is 0.385 e. The molecular weight excluding hydrogens is 420 g/mol. The first kappa shape index (κ1) is 20.4. The van der Waals surface area contributed by atoms with Crippen molar-refractivity contribution in [2.75, 3.05) is 19.5 Å². The van der Waals surface area contributed by atoms with Crippen LogP contribution in [0.5, 0.6) is 0 Å². The first-order valence-corrected chi connectivity index (χ1v) is 12.2. The van der Waals surface area contributed by atoms with Gasteiger partial charge in [-0.05, 0) is 24.1 Å². The molecule has 5 nitrogen and oxygen atoms in total. The van der Waals surface area contributed by atoms with Crippen molar-refractivity contribution < 1.29 is 4.74 Å². The van der Waals surface area contributed by atoms with Gasteiger partial charge in [0.15, 0.2) is 9.50 Å². The summed E-state index contributed by atoms with van der Waals surface area (Å²) in [7, 11) is 1.74. The van der Waals surface area contributed by atoms with E-state index in [1.165, 1.54) is 10.3 Å². The highest BCUT2D eigenvalue weighted by Gasteiger charge is 2.14. The van der Waals surface area contributed by atoms with Crippen LogP contribution in [0.25, 0.3) is 10.2 Å². The van der Waals surface area contributed by atoms with Gasteiger partial charge < -0.3 is 9.30 Å². The lowest BCUT2D eigenvalue weighted by Gasteiger charge is -2.10. The second-order valence-electron chi connectivity index (χ2n) is 6.40. The van der Waals surface area contributed by atoms with Crippen LogP contribution in [-0.4, -0.2) is 39.2 Å². The van der Waals surface area contributed by atoms with Crippen molar-refractivity contribution in [2.45, 2.75) is 28.2 Å². The van der Waals surface area contributed by atoms with Gasteiger partial charge in [0, 0.05) is 19.5 Å². The lowest BCUT2D eigenvalue weighted by Crippen LogP contribution is -2.06. The van der Waals surface area contributed by atoms with Gasteiger partial charge >= 0.3 is 0 Å². The lowest BCUT2D eigenvalue weighted by atomic mass is 10.2. The Morgan fingerprint density at radius 3 is 2.66 bits per heavy atom. The van der Waals surface area contributed by atoms with E-state index in [4.69, 9.17) is 9.72 Å². The summed E-state index contributed by atoms with van der Waals surface area (Å²) in [6.07, 6.45) is 0.995. The molecule has 2 aromatic carbocycles. The van der Waals surface area contributed by atoms with Crippen molar-refractivity contribution in [1.82, 2.24) is 19.7 Å². The summed E-state index contributed by atoms with van der Waals surface area (Å²) < 4.78 is 9.67.